The van der Waals surface area contributed by atoms with Crippen molar-refractivity contribution in [3.8, 4) is 0 Å². The Morgan fingerprint density at radius 2 is 2.16 bits per heavy atom. The van der Waals surface area contributed by atoms with Gasteiger partial charge in [0.2, 0.25) is 5.91 Å². The van der Waals surface area contributed by atoms with Gasteiger partial charge < -0.3 is 4.90 Å². The maximum absolute atomic E-state index is 13.2. The summed E-state index contributed by atoms with van der Waals surface area (Å²) in [5.74, 6) is 0.773. The van der Waals surface area contributed by atoms with Gasteiger partial charge in [0.1, 0.15) is 0 Å². The first-order valence-electron chi connectivity index (χ1n) is 8.91. The Morgan fingerprint density at radius 3 is 2.96 bits per heavy atom. The number of hydrogen-bond donors (Lipinski definition) is 0. The number of pyridine rings is 2. The molecule has 5 rings (SSSR count). The smallest absolute Gasteiger partial charge is 0.227 e. The molecule has 25 heavy (non-hydrogen) atoms. The Labute approximate surface area is 146 Å². The monoisotopic (exact) mass is 332 g/mol. The summed E-state index contributed by atoms with van der Waals surface area (Å²) in [7, 11) is 0. The minimum atomic E-state index is -0.131. The van der Waals surface area contributed by atoms with E-state index in [2.05, 4.69) is 21.0 Å². The molecule has 126 valence electrons. The van der Waals surface area contributed by atoms with Crippen molar-refractivity contribution in [3.05, 3.63) is 66.2 Å². The van der Waals surface area contributed by atoms with Gasteiger partial charge in [0.05, 0.1) is 23.7 Å². The maximum atomic E-state index is 13.2. The van der Waals surface area contributed by atoms with Crippen molar-refractivity contribution >= 4 is 11.4 Å². The molecule has 3 aromatic heterocycles. The summed E-state index contributed by atoms with van der Waals surface area (Å²) in [5, 5.41) is 4.36. The zero-order valence-electron chi connectivity index (χ0n) is 14.0. The average Bonchev–Trinajstić information content (AvgIpc) is 3.15. The number of carbonyl (C=O) groups is 1. The normalized spacial score (nSPS) is 25.0. The lowest BCUT2D eigenvalue weighted by molar-refractivity contribution is -0.139. The lowest BCUT2D eigenvalue weighted by atomic mass is 9.64. The fourth-order valence-corrected chi connectivity index (χ4v) is 4.73. The van der Waals surface area contributed by atoms with Crippen LogP contribution in [0.4, 0.5) is 0 Å². The van der Waals surface area contributed by atoms with Crippen LogP contribution in [0.25, 0.3) is 5.52 Å². The van der Waals surface area contributed by atoms with E-state index in [1.807, 2.05) is 47.4 Å². The van der Waals surface area contributed by atoms with E-state index >= 15 is 0 Å². The Morgan fingerprint density at radius 1 is 1.20 bits per heavy atom. The molecule has 2 atom stereocenters. The lowest BCUT2D eigenvalue weighted by Crippen LogP contribution is -2.54. The Balaban J connectivity index is 1.47. The molecule has 1 saturated heterocycles. The second-order valence-corrected chi connectivity index (χ2v) is 7.11. The SMILES string of the molecule is O=C(Cc1cnn2ccccc12)N1CC[C@@H]2CC[C@@]21c1cccnc1. The molecular weight excluding hydrogens is 312 g/mol. The predicted molar refractivity (Wildman–Crippen MR) is 93.9 cm³/mol. The van der Waals surface area contributed by atoms with E-state index in [9.17, 15) is 4.79 Å². The van der Waals surface area contributed by atoms with Crippen molar-refractivity contribution in [2.75, 3.05) is 6.54 Å². The number of amides is 1. The highest BCUT2D eigenvalue weighted by atomic mass is 16.2. The third-order valence-corrected chi connectivity index (χ3v) is 6.04. The molecule has 0 bridgehead atoms. The standard InChI is InChI=1S/C20H20N4O/c25-19(12-15-13-22-24-10-2-1-5-18(15)24)23-11-7-16-6-8-20(16,23)17-4-3-9-21-14-17/h1-5,9-10,13-14,16H,6-8,11-12H2/t16-,20-/m0/s1. The largest absolute Gasteiger partial charge is 0.332 e. The van der Waals surface area contributed by atoms with E-state index in [1.165, 1.54) is 12.0 Å². The van der Waals surface area contributed by atoms with Crippen LogP contribution in [0.5, 0.6) is 0 Å². The topological polar surface area (TPSA) is 50.5 Å². The summed E-state index contributed by atoms with van der Waals surface area (Å²) >= 11 is 0. The van der Waals surface area contributed by atoms with Crippen LogP contribution < -0.4 is 0 Å². The van der Waals surface area contributed by atoms with Crippen LogP contribution >= 0.6 is 0 Å². The molecule has 0 unspecified atom stereocenters. The molecular formula is C20H20N4O. The highest BCUT2D eigenvalue weighted by Crippen LogP contribution is 2.56. The second kappa shape index (κ2) is 5.41. The number of rotatable bonds is 3. The minimum Gasteiger partial charge on any atom is -0.332 e. The van der Waals surface area contributed by atoms with Gasteiger partial charge in [-0.2, -0.15) is 5.10 Å². The van der Waals surface area contributed by atoms with Gasteiger partial charge in [-0.05, 0) is 48.9 Å². The van der Waals surface area contributed by atoms with Crippen molar-refractivity contribution in [1.29, 1.82) is 0 Å². The zero-order valence-corrected chi connectivity index (χ0v) is 14.0. The van der Waals surface area contributed by atoms with Gasteiger partial charge in [-0.15, -0.1) is 0 Å². The van der Waals surface area contributed by atoms with Gasteiger partial charge in [0.15, 0.2) is 0 Å². The first-order valence-corrected chi connectivity index (χ1v) is 8.91. The van der Waals surface area contributed by atoms with Gasteiger partial charge >= 0.3 is 0 Å². The number of aromatic nitrogens is 3. The van der Waals surface area contributed by atoms with Crippen LogP contribution in [0.15, 0.2) is 55.1 Å². The quantitative estimate of drug-likeness (QED) is 0.741. The Kier molecular flexibility index (Phi) is 3.17. The average molecular weight is 332 g/mol. The highest BCUT2D eigenvalue weighted by molar-refractivity contribution is 5.82. The van der Waals surface area contributed by atoms with Crippen molar-refractivity contribution < 1.29 is 4.79 Å². The fourth-order valence-electron chi connectivity index (χ4n) is 4.73. The molecule has 2 aliphatic rings. The van der Waals surface area contributed by atoms with Crippen molar-refractivity contribution in [3.63, 3.8) is 0 Å². The maximum Gasteiger partial charge on any atom is 0.227 e. The first-order chi connectivity index (χ1) is 12.3. The van der Waals surface area contributed by atoms with E-state index in [4.69, 9.17) is 0 Å². The summed E-state index contributed by atoms with van der Waals surface area (Å²) in [6, 6.07) is 10.1. The summed E-state index contributed by atoms with van der Waals surface area (Å²) in [6.45, 7) is 0.845. The number of hydrogen-bond acceptors (Lipinski definition) is 3. The molecule has 1 aliphatic carbocycles. The summed E-state index contributed by atoms with van der Waals surface area (Å²) in [4.78, 5) is 19.6. The highest BCUT2D eigenvalue weighted by Gasteiger charge is 2.57. The summed E-state index contributed by atoms with van der Waals surface area (Å²) < 4.78 is 1.83. The predicted octanol–water partition coefficient (Wildman–Crippen LogP) is 2.81. The first kappa shape index (κ1) is 14.6. The second-order valence-electron chi connectivity index (χ2n) is 7.11. The molecule has 3 aromatic rings. The third kappa shape index (κ3) is 2.05. The summed E-state index contributed by atoms with van der Waals surface area (Å²) in [5.41, 5.74) is 3.07. The van der Waals surface area contributed by atoms with Gasteiger partial charge in [0, 0.05) is 30.7 Å². The van der Waals surface area contributed by atoms with Gasteiger partial charge in [-0.3, -0.25) is 9.78 Å². The molecule has 0 spiro atoms. The van der Waals surface area contributed by atoms with Gasteiger partial charge in [-0.1, -0.05) is 12.1 Å². The molecule has 1 saturated carbocycles. The molecule has 0 radical (unpaired) electrons. The van der Waals surface area contributed by atoms with E-state index in [0.29, 0.717) is 12.3 Å². The lowest BCUT2D eigenvalue weighted by Gasteiger charge is -2.50. The Bertz CT molecular complexity index is 935. The molecule has 4 heterocycles. The third-order valence-electron chi connectivity index (χ3n) is 6.04. The van der Waals surface area contributed by atoms with Crippen molar-refractivity contribution in [2.45, 2.75) is 31.2 Å². The van der Waals surface area contributed by atoms with Crippen molar-refractivity contribution in [1.82, 2.24) is 19.5 Å². The van der Waals surface area contributed by atoms with Crippen molar-refractivity contribution in [2.24, 2.45) is 5.92 Å². The van der Waals surface area contributed by atoms with Crippen LogP contribution in [0.3, 0.4) is 0 Å². The fraction of sp³-hybridized carbons (Fsp3) is 0.350. The molecule has 5 nitrogen and oxygen atoms in total. The van der Waals surface area contributed by atoms with Crippen LogP contribution in [0.2, 0.25) is 0 Å². The van der Waals surface area contributed by atoms with E-state index in [1.54, 1.807) is 6.20 Å². The summed E-state index contributed by atoms with van der Waals surface area (Å²) in [6.07, 6.45) is 11.2. The molecule has 0 aromatic carbocycles. The number of fused-ring (bicyclic) bond motifs is 2. The molecule has 1 amide bonds. The number of nitrogens with zero attached hydrogens (tertiary/aromatic N) is 4. The number of carbonyl (C=O) groups excluding carboxylic acids is 1. The van der Waals surface area contributed by atoms with E-state index in [-0.39, 0.29) is 11.4 Å². The van der Waals surface area contributed by atoms with Crippen LogP contribution in [0.1, 0.15) is 30.4 Å². The molecule has 2 fully saturated rings. The minimum absolute atomic E-state index is 0.131. The van der Waals surface area contributed by atoms with Gasteiger partial charge in [-0.25, -0.2) is 4.52 Å². The molecule has 5 heteroatoms. The van der Waals surface area contributed by atoms with E-state index < -0.39 is 0 Å². The van der Waals surface area contributed by atoms with Crippen LogP contribution in [-0.2, 0) is 16.8 Å². The van der Waals surface area contributed by atoms with E-state index in [0.717, 1.165) is 30.5 Å². The van der Waals surface area contributed by atoms with Crippen LogP contribution in [-0.4, -0.2) is 31.9 Å². The zero-order chi connectivity index (χ0) is 16.9. The Hall–Kier alpha value is -2.69. The van der Waals surface area contributed by atoms with Crippen LogP contribution in [0, 0.1) is 5.92 Å². The number of likely N-dealkylation sites (tertiary alicyclic amines) is 1. The molecule has 1 aliphatic heterocycles. The molecule has 0 N–H and O–H groups in total. The van der Waals surface area contributed by atoms with Gasteiger partial charge in [0.25, 0.3) is 0 Å².